The number of hydrogen-bond acceptors (Lipinski definition) is 3. The fourth-order valence-electron chi connectivity index (χ4n) is 21.1. The van der Waals surface area contributed by atoms with Crippen LogP contribution in [0.5, 0.6) is 0 Å². The van der Waals surface area contributed by atoms with Crippen LogP contribution in [-0.4, -0.2) is 29.3 Å². The Balaban J connectivity index is 0.000000102. The van der Waals surface area contributed by atoms with Crippen molar-refractivity contribution in [1.29, 1.82) is 0 Å². The molecule has 0 fully saturated rings. The van der Waals surface area contributed by atoms with Crippen LogP contribution in [0.25, 0.3) is 188 Å². The third-order valence-corrected chi connectivity index (χ3v) is 26.2. The zero-order valence-electron chi connectivity index (χ0n) is 66.3. The molecule has 0 aliphatic carbocycles. The minimum Gasteiger partial charge on any atom is -0.456 e. The van der Waals surface area contributed by atoms with Gasteiger partial charge in [-0.05, 0) is 135 Å². The summed E-state index contributed by atoms with van der Waals surface area (Å²) >= 11 is 0. The van der Waals surface area contributed by atoms with Gasteiger partial charge in [0.2, 0.25) is 20.1 Å². The number of hydrogen-bond donors (Lipinski definition) is 0. The molecule has 5 aromatic heterocycles. The van der Waals surface area contributed by atoms with Crippen molar-refractivity contribution in [3.8, 4) is 78.1 Å². The van der Waals surface area contributed by atoms with E-state index in [0.717, 1.165) is 49.7 Å². The molecule has 3 aliphatic heterocycles. The Kier molecular flexibility index (Phi) is 16.0. The molecule has 0 amide bonds. The summed E-state index contributed by atoms with van der Waals surface area (Å²) in [5.41, 5.74) is 39.5. The first kappa shape index (κ1) is 69.5. The van der Waals surface area contributed by atoms with Crippen LogP contribution in [-0.2, 0) is 0 Å². The summed E-state index contributed by atoms with van der Waals surface area (Å²) in [6.07, 6.45) is 0. The Hall–Kier alpha value is -15.6. The van der Waals surface area contributed by atoms with E-state index in [2.05, 4.69) is 422 Å². The van der Waals surface area contributed by atoms with E-state index < -0.39 is 0 Å². The van der Waals surface area contributed by atoms with Crippen molar-refractivity contribution in [2.45, 2.75) is 0 Å². The average Bonchev–Trinajstić information content (AvgIpc) is 1.56. The van der Waals surface area contributed by atoms with Crippen molar-refractivity contribution < 1.29 is 13.3 Å². The van der Waals surface area contributed by atoms with Gasteiger partial charge < -0.3 is 22.4 Å². The van der Waals surface area contributed by atoms with E-state index in [-0.39, 0.29) is 20.1 Å². The van der Waals surface area contributed by atoms with Crippen LogP contribution in [0.2, 0.25) is 0 Å². The minimum atomic E-state index is 0.0567. The smallest absolute Gasteiger partial charge is 0.242 e. The van der Waals surface area contributed by atoms with E-state index >= 15 is 0 Å². The van der Waals surface area contributed by atoms with Crippen LogP contribution in [0, 0.1) is 0 Å². The first-order valence-corrected chi connectivity index (χ1v) is 42.2. The van der Waals surface area contributed by atoms with Gasteiger partial charge >= 0.3 is 0 Å². The van der Waals surface area contributed by atoms with Crippen molar-refractivity contribution in [3.05, 3.63) is 431 Å². The predicted molar refractivity (Wildman–Crippen MR) is 516 cm³/mol. The molecule has 0 atom stereocenters. The van der Waals surface area contributed by atoms with E-state index in [1.54, 1.807) is 0 Å². The first-order chi connectivity index (χ1) is 60.6. The normalized spacial score (nSPS) is 12.4. The highest BCUT2D eigenvalue weighted by molar-refractivity contribution is 6.99. The predicted octanol–water partition coefficient (Wildman–Crippen LogP) is 23.4. The average molecular weight is 1550 g/mol. The highest BCUT2D eigenvalue weighted by Crippen LogP contribution is 2.48. The van der Waals surface area contributed by atoms with Gasteiger partial charge in [-0.1, -0.05) is 395 Å². The van der Waals surface area contributed by atoms with E-state index in [1.165, 1.54) is 187 Å². The van der Waals surface area contributed by atoms with Crippen LogP contribution in [0.1, 0.15) is 0 Å². The third-order valence-electron chi connectivity index (χ3n) is 26.2. The zero-order chi connectivity index (χ0) is 80.0. The van der Waals surface area contributed by atoms with Crippen LogP contribution in [0.15, 0.2) is 444 Å². The maximum absolute atomic E-state index is 6.64. The summed E-state index contributed by atoms with van der Waals surface area (Å²) in [4.78, 5) is 0. The number of benzene rings is 19. The van der Waals surface area contributed by atoms with Gasteiger partial charge in [-0.15, -0.1) is 0 Å². The van der Waals surface area contributed by atoms with E-state index in [1.807, 2.05) is 18.2 Å². The highest BCUT2D eigenvalue weighted by atomic mass is 16.3. The Morgan fingerprint density at radius 2 is 0.492 bits per heavy atom. The SMILES string of the molecule is c1ccc(-n2c3ccccc3c3cc(B4c5ccccc5-c5ccc6oc7ccccc7c6c5-c5ccccc54)ccc32)cc1.c1ccc(B2c3ccccc3-c3ccc4c(oc5ccccc54)c3-c3ccccc32)cc1.c1ccc2c(c1)B(c1ccc(-n3c4ccccc4c4ccccc43)cc1)c1ccccc1-c1c-2ccc2c1oc1ccccc12. The number of nitrogens with zero attached hydrogens (tertiary/aromatic N) is 2. The summed E-state index contributed by atoms with van der Waals surface area (Å²) in [6, 6.07) is 156. The molecule has 5 nitrogen and oxygen atoms in total. The molecule has 3 aliphatic rings. The number of rotatable bonds is 5. The molecule has 0 spiro atoms. The van der Waals surface area contributed by atoms with Gasteiger partial charge in [0.05, 0.1) is 22.1 Å². The summed E-state index contributed by atoms with van der Waals surface area (Å²) < 4.78 is 24.3. The van der Waals surface area contributed by atoms with Crippen LogP contribution in [0.4, 0.5) is 0 Å². The van der Waals surface area contributed by atoms with Gasteiger partial charge in [-0.2, -0.15) is 0 Å². The lowest BCUT2D eigenvalue weighted by atomic mass is 9.36. The van der Waals surface area contributed by atoms with Gasteiger partial charge in [0.1, 0.15) is 33.5 Å². The number of fused-ring (bicyclic) bond motifs is 33. The van der Waals surface area contributed by atoms with Crippen molar-refractivity contribution in [2.24, 2.45) is 0 Å². The molecule has 564 valence electrons. The highest BCUT2D eigenvalue weighted by Gasteiger charge is 2.38. The molecular weight excluding hydrogens is 1480 g/mol. The molecule has 19 aromatic carbocycles. The summed E-state index contributed by atoms with van der Waals surface area (Å²) in [5, 5.41) is 12.1. The molecule has 8 heteroatoms. The van der Waals surface area contributed by atoms with Gasteiger partial charge in [0.15, 0.2) is 0 Å². The standard InChI is InChI=1S/2C42H26BNO.C30H19BO/c1-6-16-36-29(11-1)33-25-26-34-32-14-5-10-20-40(32)45-42(34)41(33)35-15-2-7-17-37(35)43(36)27-21-23-28(24-22-27)44-38-18-8-3-12-30(38)31-13-4-9-19-39(31)44;1-2-12-28(13-3-1)44-37-20-10-6-15-30(37)34-26-27(22-24-38(34)44)43-35-18-8-4-14-29(35)31-23-25-40-42(33-17-7-11-21-39(33)45-40)41(31)32-16-5-9-19-36(32)43;1-2-10-20(11-3-1)31-26-15-7-4-12-21(26)23-18-19-24-22-13-6-9-17-28(22)32-30(24)29(23)25-14-5-8-16-27(25)31/h2*1-26H;1-19H. The van der Waals surface area contributed by atoms with Gasteiger partial charge in [0, 0.05) is 81.9 Å². The quantitative estimate of drug-likeness (QED) is 0.161. The summed E-state index contributed by atoms with van der Waals surface area (Å²) in [6.45, 7) is 0.285. The summed E-state index contributed by atoms with van der Waals surface area (Å²) in [5.74, 6) is 0. The zero-order valence-corrected chi connectivity index (χ0v) is 66.3. The molecule has 0 unspecified atom stereocenters. The monoisotopic (exact) mass is 1550 g/mol. The van der Waals surface area contributed by atoms with E-state index in [9.17, 15) is 0 Å². The lowest BCUT2D eigenvalue weighted by molar-refractivity contribution is 0.669. The lowest BCUT2D eigenvalue weighted by Gasteiger charge is -2.19. The number of aromatic nitrogens is 2. The largest absolute Gasteiger partial charge is 0.456 e. The second-order valence-electron chi connectivity index (χ2n) is 32.5. The maximum Gasteiger partial charge on any atom is 0.242 e. The molecular formula is C114H71B3N2O3. The Labute approximate surface area is 705 Å². The van der Waals surface area contributed by atoms with Crippen LogP contribution >= 0.6 is 0 Å². The van der Waals surface area contributed by atoms with Crippen molar-refractivity contribution in [1.82, 2.24) is 9.13 Å². The second-order valence-corrected chi connectivity index (χ2v) is 32.5. The maximum atomic E-state index is 6.64. The minimum absolute atomic E-state index is 0.0567. The first-order valence-electron chi connectivity index (χ1n) is 42.2. The molecule has 24 aromatic rings. The number of furan rings is 3. The Morgan fingerprint density at radius 1 is 0.172 bits per heavy atom. The van der Waals surface area contributed by atoms with Gasteiger partial charge in [-0.25, -0.2) is 0 Å². The number of para-hydroxylation sites is 7. The fourth-order valence-corrected chi connectivity index (χ4v) is 21.1. The van der Waals surface area contributed by atoms with Crippen molar-refractivity contribution in [3.63, 3.8) is 0 Å². The molecule has 8 heterocycles. The molecule has 27 rings (SSSR count). The molecule has 0 bridgehead atoms. The summed E-state index contributed by atoms with van der Waals surface area (Å²) in [7, 11) is 0. The third kappa shape index (κ3) is 10.7. The molecule has 0 saturated heterocycles. The lowest BCUT2D eigenvalue weighted by Crippen LogP contribution is -2.52. The van der Waals surface area contributed by atoms with E-state index in [4.69, 9.17) is 13.3 Å². The van der Waals surface area contributed by atoms with Crippen molar-refractivity contribution >= 4 is 179 Å². The van der Waals surface area contributed by atoms with Gasteiger partial charge in [-0.3, -0.25) is 0 Å². The molecule has 0 saturated carbocycles. The van der Waals surface area contributed by atoms with Crippen molar-refractivity contribution in [2.75, 3.05) is 0 Å². The van der Waals surface area contributed by atoms with Crippen LogP contribution < -0.4 is 49.2 Å². The topological polar surface area (TPSA) is 49.3 Å². The molecule has 122 heavy (non-hydrogen) atoms. The second kappa shape index (κ2) is 28.0. The molecule has 0 radical (unpaired) electrons. The van der Waals surface area contributed by atoms with Gasteiger partial charge in [0.25, 0.3) is 0 Å². The Bertz CT molecular complexity index is 8320. The van der Waals surface area contributed by atoms with E-state index in [0.29, 0.717) is 0 Å². The fraction of sp³-hybridized carbons (Fsp3) is 0. The van der Waals surface area contributed by atoms with Crippen LogP contribution in [0.3, 0.4) is 0 Å². The molecule has 0 N–H and O–H groups in total. The Morgan fingerprint density at radius 3 is 0.975 bits per heavy atom.